The predicted molar refractivity (Wildman–Crippen MR) is 147 cm³/mol. The van der Waals surface area contributed by atoms with Crippen molar-refractivity contribution in [2.45, 2.75) is 51.6 Å². The van der Waals surface area contributed by atoms with Crippen LogP contribution in [0, 0.1) is 11.7 Å². The summed E-state index contributed by atoms with van der Waals surface area (Å²) in [4.78, 5) is 53.6. The zero-order chi connectivity index (χ0) is 28.4. The van der Waals surface area contributed by atoms with Crippen molar-refractivity contribution < 1.29 is 23.6 Å². The Kier molecular flexibility index (Phi) is 11.0. The van der Waals surface area contributed by atoms with E-state index < -0.39 is 41.5 Å². The fourth-order valence-electron chi connectivity index (χ4n) is 4.51. The van der Waals surface area contributed by atoms with Gasteiger partial charge in [0.15, 0.2) is 0 Å². The predicted octanol–water partition coefficient (Wildman–Crippen LogP) is 2.32. The molecule has 210 valence electrons. The molecule has 39 heavy (non-hydrogen) atoms. The molecule has 1 aliphatic heterocycles. The van der Waals surface area contributed by atoms with E-state index in [0.29, 0.717) is 25.2 Å². The minimum absolute atomic E-state index is 0.245. The molecule has 1 heterocycles. The summed E-state index contributed by atoms with van der Waals surface area (Å²) in [6.45, 7) is 4.72. The lowest BCUT2D eigenvalue weighted by Crippen LogP contribution is -2.58. The molecule has 1 aliphatic rings. The molecule has 9 nitrogen and oxygen atoms in total. The normalized spacial score (nSPS) is 16.0. The van der Waals surface area contributed by atoms with Gasteiger partial charge in [-0.15, -0.1) is 0 Å². The van der Waals surface area contributed by atoms with Gasteiger partial charge in [0.1, 0.15) is 12.4 Å². The van der Waals surface area contributed by atoms with Crippen molar-refractivity contribution in [2.75, 3.05) is 31.5 Å². The third-order valence-electron chi connectivity index (χ3n) is 6.86. The number of unbranched alkanes of at least 4 members (excludes halogenated alkanes) is 1. The molecule has 2 aromatic rings. The first-order valence-corrected chi connectivity index (χ1v) is 13.4. The number of hydrogen-bond donors (Lipinski definition) is 3. The quantitative estimate of drug-likeness (QED) is 0.337. The molecular formula is C29H38FN5O4. The number of halogens is 1. The van der Waals surface area contributed by atoms with Gasteiger partial charge in [0.25, 0.3) is 0 Å². The average molecular weight is 540 g/mol. The number of carbonyl (C=O) groups is 4. The van der Waals surface area contributed by atoms with Crippen molar-refractivity contribution in [3.63, 3.8) is 0 Å². The number of benzene rings is 2. The fourth-order valence-corrected chi connectivity index (χ4v) is 4.51. The molecule has 2 aromatic carbocycles. The summed E-state index contributed by atoms with van der Waals surface area (Å²) in [6.07, 6.45) is 2.44. The highest BCUT2D eigenvalue weighted by molar-refractivity contribution is 6.35. The Morgan fingerprint density at radius 2 is 1.64 bits per heavy atom. The van der Waals surface area contributed by atoms with Crippen molar-refractivity contribution in [3.05, 3.63) is 66.0 Å². The van der Waals surface area contributed by atoms with Crippen LogP contribution in [0.5, 0.6) is 0 Å². The highest BCUT2D eigenvalue weighted by Crippen LogP contribution is 2.16. The third-order valence-corrected chi connectivity index (χ3v) is 6.86. The zero-order valence-corrected chi connectivity index (χ0v) is 22.6. The molecule has 0 radical (unpaired) electrons. The average Bonchev–Trinajstić information content (AvgIpc) is 2.92. The lowest BCUT2D eigenvalue weighted by Gasteiger charge is -2.34. The van der Waals surface area contributed by atoms with E-state index in [9.17, 15) is 23.6 Å². The molecule has 1 fully saturated rings. The van der Waals surface area contributed by atoms with E-state index in [1.807, 2.05) is 37.3 Å². The van der Waals surface area contributed by atoms with Gasteiger partial charge in [-0.2, -0.15) is 0 Å². The first-order valence-electron chi connectivity index (χ1n) is 13.4. The maximum absolute atomic E-state index is 13.2. The van der Waals surface area contributed by atoms with Crippen LogP contribution in [0.3, 0.4) is 0 Å². The highest BCUT2D eigenvalue weighted by Gasteiger charge is 2.34. The summed E-state index contributed by atoms with van der Waals surface area (Å²) < 4.78 is 13.2. The van der Waals surface area contributed by atoms with Crippen LogP contribution < -0.4 is 16.4 Å². The second kappa shape index (κ2) is 14.4. The third kappa shape index (κ3) is 8.88. The number of nitrogens with one attached hydrogen (secondary N) is 2. The van der Waals surface area contributed by atoms with Crippen LogP contribution in [0.25, 0.3) is 0 Å². The van der Waals surface area contributed by atoms with E-state index in [-0.39, 0.29) is 25.4 Å². The number of hydrogen-bond acceptors (Lipinski definition) is 5. The second-order valence-electron chi connectivity index (χ2n) is 10.0. The summed E-state index contributed by atoms with van der Waals surface area (Å²) in [5.74, 6) is -2.84. The maximum Gasteiger partial charge on any atom is 0.312 e. The lowest BCUT2D eigenvalue weighted by atomic mass is 9.92. The smallest absolute Gasteiger partial charge is 0.312 e. The van der Waals surface area contributed by atoms with E-state index in [1.54, 1.807) is 6.92 Å². The van der Waals surface area contributed by atoms with Crippen LogP contribution in [0.4, 0.5) is 10.1 Å². The number of piperazine rings is 1. The SMILES string of the molecule is CCCCN1CCN(CC(=O)N[C@@H](Cc2ccccc2)[C@@H](N)C[C@@H](C)C(=O)Nc2ccc(F)cc2)C(=O)C1=O. The molecule has 0 bridgehead atoms. The maximum atomic E-state index is 13.2. The number of carbonyl (C=O) groups excluding carboxylic acids is 4. The standard InChI is InChI=1S/C29H38FN5O4/c1-3-4-14-34-15-16-35(29(39)28(34)38)19-26(36)33-25(18-21-8-6-5-7-9-21)24(31)17-20(2)27(37)32-23-12-10-22(30)11-13-23/h5-13,20,24-25H,3-4,14-19,31H2,1-2H3,(H,32,37)(H,33,36)/t20-,24+,25+/m1/s1. The monoisotopic (exact) mass is 539 g/mol. The van der Waals surface area contributed by atoms with Gasteiger partial charge in [0, 0.05) is 43.3 Å². The Bertz CT molecular complexity index is 1130. The molecule has 0 aliphatic carbocycles. The summed E-state index contributed by atoms with van der Waals surface area (Å²) in [5.41, 5.74) is 7.96. The van der Waals surface area contributed by atoms with Crippen LogP contribution in [-0.4, -0.2) is 71.7 Å². The molecule has 10 heteroatoms. The van der Waals surface area contributed by atoms with Crippen molar-refractivity contribution in [2.24, 2.45) is 11.7 Å². The van der Waals surface area contributed by atoms with Gasteiger partial charge in [-0.25, -0.2) is 4.39 Å². The highest BCUT2D eigenvalue weighted by atomic mass is 19.1. The first-order chi connectivity index (χ1) is 18.7. The number of anilines is 1. The Morgan fingerprint density at radius 1 is 1.00 bits per heavy atom. The van der Waals surface area contributed by atoms with Crippen molar-refractivity contribution in [1.29, 1.82) is 0 Å². The molecule has 0 unspecified atom stereocenters. The van der Waals surface area contributed by atoms with Gasteiger partial charge < -0.3 is 26.2 Å². The molecule has 0 saturated carbocycles. The van der Waals surface area contributed by atoms with Crippen LogP contribution in [-0.2, 0) is 25.6 Å². The number of nitrogens with zero attached hydrogens (tertiary/aromatic N) is 2. The summed E-state index contributed by atoms with van der Waals surface area (Å²) in [5, 5.41) is 5.69. The minimum Gasteiger partial charge on any atom is -0.350 e. The summed E-state index contributed by atoms with van der Waals surface area (Å²) >= 11 is 0. The topological polar surface area (TPSA) is 125 Å². The van der Waals surface area contributed by atoms with Crippen molar-refractivity contribution >= 4 is 29.3 Å². The van der Waals surface area contributed by atoms with Crippen LogP contribution >= 0.6 is 0 Å². The van der Waals surface area contributed by atoms with E-state index in [2.05, 4.69) is 10.6 Å². The van der Waals surface area contributed by atoms with Crippen LogP contribution in [0.2, 0.25) is 0 Å². The van der Waals surface area contributed by atoms with E-state index in [0.717, 1.165) is 18.4 Å². The lowest BCUT2D eigenvalue weighted by molar-refractivity contribution is -0.157. The Hall–Kier alpha value is -3.79. The summed E-state index contributed by atoms with van der Waals surface area (Å²) in [7, 11) is 0. The van der Waals surface area contributed by atoms with Crippen molar-refractivity contribution in [1.82, 2.24) is 15.1 Å². The Balaban J connectivity index is 1.62. The Labute approximate surface area is 228 Å². The molecule has 0 spiro atoms. The number of rotatable bonds is 13. The van der Waals surface area contributed by atoms with E-state index in [4.69, 9.17) is 5.73 Å². The first kappa shape index (κ1) is 29.8. The molecule has 4 amide bonds. The molecule has 0 aromatic heterocycles. The molecule has 3 atom stereocenters. The number of amides is 4. The Morgan fingerprint density at radius 3 is 2.31 bits per heavy atom. The fraction of sp³-hybridized carbons (Fsp3) is 0.448. The van der Waals surface area contributed by atoms with Gasteiger partial charge in [-0.05, 0) is 49.1 Å². The van der Waals surface area contributed by atoms with Crippen molar-refractivity contribution in [3.8, 4) is 0 Å². The molecule has 4 N–H and O–H groups in total. The molecular weight excluding hydrogens is 501 g/mol. The van der Waals surface area contributed by atoms with Gasteiger partial charge in [0.05, 0.1) is 0 Å². The largest absolute Gasteiger partial charge is 0.350 e. The van der Waals surface area contributed by atoms with E-state index in [1.165, 1.54) is 34.1 Å². The van der Waals surface area contributed by atoms with Gasteiger partial charge in [-0.3, -0.25) is 19.2 Å². The van der Waals surface area contributed by atoms with Gasteiger partial charge in [-0.1, -0.05) is 50.6 Å². The summed E-state index contributed by atoms with van der Waals surface area (Å²) in [6, 6.07) is 13.9. The van der Waals surface area contributed by atoms with Gasteiger partial charge >= 0.3 is 11.8 Å². The number of nitrogens with two attached hydrogens (primary N) is 1. The van der Waals surface area contributed by atoms with Gasteiger partial charge in [0.2, 0.25) is 11.8 Å². The van der Waals surface area contributed by atoms with E-state index >= 15 is 0 Å². The minimum atomic E-state index is -0.678. The zero-order valence-electron chi connectivity index (χ0n) is 22.6. The second-order valence-corrected chi connectivity index (χ2v) is 10.0. The molecule has 3 rings (SSSR count). The van der Waals surface area contributed by atoms with Crippen LogP contribution in [0.15, 0.2) is 54.6 Å². The molecule has 1 saturated heterocycles. The van der Waals surface area contributed by atoms with Crippen LogP contribution in [0.1, 0.15) is 38.7 Å².